The Morgan fingerprint density at radius 1 is 1.28 bits per heavy atom. The van der Waals surface area contributed by atoms with Crippen molar-refractivity contribution in [3.8, 4) is 0 Å². The van der Waals surface area contributed by atoms with Crippen LogP contribution in [0.15, 0.2) is 24.3 Å². The van der Waals surface area contributed by atoms with Gasteiger partial charge < -0.3 is 10.1 Å². The van der Waals surface area contributed by atoms with Crippen LogP contribution in [0.4, 0.5) is 5.69 Å². The molecular weight excluding hydrogens is 430 g/mol. The van der Waals surface area contributed by atoms with Crippen LogP contribution in [0.3, 0.4) is 0 Å². The normalized spacial score (nSPS) is 21.6. The van der Waals surface area contributed by atoms with E-state index in [0.29, 0.717) is 30.0 Å². The van der Waals surface area contributed by atoms with Crippen LogP contribution in [0.2, 0.25) is 0 Å². The number of nitrogens with zero attached hydrogens (tertiary/aromatic N) is 4. The van der Waals surface area contributed by atoms with Crippen LogP contribution in [0.5, 0.6) is 0 Å². The van der Waals surface area contributed by atoms with Gasteiger partial charge in [-0.2, -0.15) is 16.9 Å². The summed E-state index contributed by atoms with van der Waals surface area (Å²) in [6, 6.07) is 7.35. The molecule has 3 heterocycles. The summed E-state index contributed by atoms with van der Waals surface area (Å²) in [7, 11) is 0. The molecule has 9 nitrogen and oxygen atoms in total. The van der Waals surface area contributed by atoms with E-state index in [0.717, 1.165) is 49.8 Å². The maximum absolute atomic E-state index is 12.8. The number of aryl methyl sites for hydroxylation is 1. The highest BCUT2D eigenvalue weighted by Gasteiger charge is 2.40. The SMILES string of the molecule is Cc1nn(Cc2ccc(C(=O)NCC3(N4CCOCC4)CCSC3)cc2)c(C)c1[N+](=O)[O-]. The molecule has 0 aliphatic carbocycles. The highest BCUT2D eigenvalue weighted by atomic mass is 32.2. The molecule has 2 saturated heterocycles. The predicted octanol–water partition coefficient (Wildman–Crippen LogP) is 2.39. The van der Waals surface area contributed by atoms with Gasteiger partial charge >= 0.3 is 5.69 Å². The fourth-order valence-electron chi connectivity index (χ4n) is 4.52. The number of aromatic nitrogens is 2. The number of morpholine rings is 1. The number of thioether (sulfide) groups is 1. The van der Waals surface area contributed by atoms with E-state index in [1.165, 1.54) is 0 Å². The van der Waals surface area contributed by atoms with Gasteiger partial charge in [0.25, 0.3) is 5.91 Å². The van der Waals surface area contributed by atoms with Crippen LogP contribution < -0.4 is 5.32 Å². The standard InChI is InChI=1S/C22H29N5O4S/c1-16-20(27(29)30)17(2)26(24-16)13-18-3-5-19(6-4-18)21(28)23-14-22(7-12-32-15-22)25-8-10-31-11-9-25/h3-6H,7-15H2,1-2H3,(H,23,28). The van der Waals surface area contributed by atoms with Crippen LogP contribution >= 0.6 is 11.8 Å². The number of carbonyl (C=O) groups is 1. The van der Waals surface area contributed by atoms with Gasteiger partial charge in [-0.05, 0) is 43.7 Å². The van der Waals surface area contributed by atoms with Gasteiger partial charge in [0.2, 0.25) is 0 Å². The van der Waals surface area contributed by atoms with E-state index in [9.17, 15) is 14.9 Å². The number of amides is 1. The Balaban J connectivity index is 1.39. The molecule has 172 valence electrons. The van der Waals surface area contributed by atoms with Crippen molar-refractivity contribution in [2.24, 2.45) is 0 Å². The fourth-order valence-corrected chi connectivity index (χ4v) is 6.00. The lowest BCUT2D eigenvalue weighted by molar-refractivity contribution is -0.386. The number of ether oxygens (including phenoxy) is 1. The third-order valence-corrected chi connectivity index (χ3v) is 7.65. The van der Waals surface area contributed by atoms with E-state index in [1.54, 1.807) is 30.7 Å². The zero-order valence-corrected chi connectivity index (χ0v) is 19.3. The predicted molar refractivity (Wildman–Crippen MR) is 123 cm³/mol. The highest BCUT2D eigenvalue weighted by Crippen LogP contribution is 2.33. The van der Waals surface area contributed by atoms with Gasteiger partial charge in [-0.25, -0.2) is 0 Å². The van der Waals surface area contributed by atoms with Gasteiger partial charge in [0, 0.05) is 36.5 Å². The molecule has 0 spiro atoms. The van der Waals surface area contributed by atoms with E-state index in [4.69, 9.17) is 4.74 Å². The number of hydrogen-bond donors (Lipinski definition) is 1. The third-order valence-electron chi connectivity index (χ3n) is 6.42. The first-order valence-electron chi connectivity index (χ1n) is 10.9. The topological polar surface area (TPSA) is 103 Å². The molecule has 0 radical (unpaired) electrons. The van der Waals surface area contributed by atoms with E-state index in [-0.39, 0.29) is 17.1 Å². The Morgan fingerprint density at radius 2 is 2.00 bits per heavy atom. The molecular formula is C22H29N5O4S. The van der Waals surface area contributed by atoms with Crippen molar-refractivity contribution in [3.63, 3.8) is 0 Å². The molecule has 2 aliphatic heterocycles. The number of carbonyl (C=O) groups excluding carboxylic acids is 1. The first-order chi connectivity index (χ1) is 15.4. The van der Waals surface area contributed by atoms with Crippen molar-refractivity contribution in [2.45, 2.75) is 32.4 Å². The van der Waals surface area contributed by atoms with Gasteiger partial charge in [0.15, 0.2) is 0 Å². The second-order valence-electron chi connectivity index (χ2n) is 8.44. The average Bonchev–Trinajstić information content (AvgIpc) is 3.38. The van der Waals surface area contributed by atoms with Crippen molar-refractivity contribution in [1.29, 1.82) is 0 Å². The summed E-state index contributed by atoms with van der Waals surface area (Å²) in [5.74, 6) is 2.07. The van der Waals surface area contributed by atoms with Crippen molar-refractivity contribution in [1.82, 2.24) is 20.0 Å². The molecule has 1 aromatic heterocycles. The van der Waals surface area contributed by atoms with Crippen LogP contribution in [-0.4, -0.2) is 75.4 Å². The van der Waals surface area contributed by atoms with E-state index in [1.807, 2.05) is 23.9 Å². The Labute approximate surface area is 191 Å². The first kappa shape index (κ1) is 22.8. The summed E-state index contributed by atoms with van der Waals surface area (Å²) < 4.78 is 7.14. The van der Waals surface area contributed by atoms with Gasteiger partial charge in [0.05, 0.1) is 24.7 Å². The Bertz CT molecular complexity index is 979. The summed E-state index contributed by atoms with van der Waals surface area (Å²) in [6.07, 6.45) is 1.08. The van der Waals surface area contributed by atoms with E-state index in [2.05, 4.69) is 15.3 Å². The van der Waals surface area contributed by atoms with Crippen molar-refractivity contribution in [3.05, 3.63) is 56.9 Å². The smallest absolute Gasteiger partial charge is 0.312 e. The second-order valence-corrected chi connectivity index (χ2v) is 9.55. The van der Waals surface area contributed by atoms with Crippen molar-refractivity contribution in [2.75, 3.05) is 44.4 Å². The lowest BCUT2D eigenvalue weighted by Gasteiger charge is -2.43. The highest BCUT2D eigenvalue weighted by molar-refractivity contribution is 7.99. The van der Waals surface area contributed by atoms with Gasteiger partial charge in [-0.15, -0.1) is 0 Å². The zero-order valence-electron chi connectivity index (χ0n) is 18.5. The third kappa shape index (κ3) is 4.67. The number of nitrogens with one attached hydrogen (secondary N) is 1. The minimum absolute atomic E-state index is 0.00818. The Hall–Kier alpha value is -2.43. The van der Waals surface area contributed by atoms with Crippen LogP contribution in [0.1, 0.15) is 33.7 Å². The molecule has 1 amide bonds. The zero-order chi connectivity index (χ0) is 22.7. The molecule has 1 aromatic carbocycles. The number of nitro groups is 1. The summed E-state index contributed by atoms with van der Waals surface area (Å²) >= 11 is 1.95. The summed E-state index contributed by atoms with van der Waals surface area (Å²) in [6.45, 7) is 7.72. The van der Waals surface area contributed by atoms with Crippen LogP contribution in [0, 0.1) is 24.0 Å². The summed E-state index contributed by atoms with van der Waals surface area (Å²) in [4.78, 5) is 26.1. The van der Waals surface area contributed by atoms with Crippen LogP contribution in [0.25, 0.3) is 0 Å². The van der Waals surface area contributed by atoms with Gasteiger partial charge in [-0.3, -0.25) is 24.5 Å². The first-order valence-corrected chi connectivity index (χ1v) is 12.0. The average molecular weight is 460 g/mol. The molecule has 1 unspecified atom stereocenters. The van der Waals surface area contributed by atoms with E-state index < -0.39 is 4.92 Å². The number of hydrogen-bond acceptors (Lipinski definition) is 7. The number of benzene rings is 1. The maximum atomic E-state index is 12.8. The largest absolute Gasteiger partial charge is 0.379 e. The minimum atomic E-state index is -0.395. The lowest BCUT2D eigenvalue weighted by Crippen LogP contribution is -2.59. The van der Waals surface area contributed by atoms with Crippen LogP contribution in [-0.2, 0) is 11.3 Å². The van der Waals surface area contributed by atoms with E-state index >= 15 is 0 Å². The molecule has 4 rings (SSSR count). The van der Waals surface area contributed by atoms with Gasteiger partial charge in [-0.1, -0.05) is 12.1 Å². The van der Waals surface area contributed by atoms with Gasteiger partial charge in [0.1, 0.15) is 11.4 Å². The summed E-state index contributed by atoms with van der Waals surface area (Å²) in [5, 5.41) is 18.6. The van der Waals surface area contributed by atoms with Crippen molar-refractivity contribution >= 4 is 23.4 Å². The second kappa shape index (κ2) is 9.60. The Morgan fingerprint density at radius 3 is 2.59 bits per heavy atom. The maximum Gasteiger partial charge on any atom is 0.312 e. The molecule has 32 heavy (non-hydrogen) atoms. The monoisotopic (exact) mass is 459 g/mol. The quantitative estimate of drug-likeness (QED) is 0.501. The molecule has 0 bridgehead atoms. The molecule has 0 saturated carbocycles. The lowest BCUT2D eigenvalue weighted by atomic mass is 9.95. The molecule has 10 heteroatoms. The number of rotatable bonds is 7. The Kier molecular flexibility index (Phi) is 6.82. The molecule has 1 atom stereocenters. The molecule has 2 aromatic rings. The fraction of sp³-hybridized carbons (Fsp3) is 0.545. The summed E-state index contributed by atoms with van der Waals surface area (Å²) in [5.41, 5.74) is 2.53. The van der Waals surface area contributed by atoms with Crippen molar-refractivity contribution < 1.29 is 14.5 Å². The molecule has 2 fully saturated rings. The minimum Gasteiger partial charge on any atom is -0.379 e. The molecule has 1 N–H and O–H groups in total. The molecule has 2 aliphatic rings.